The SMILES string of the molecule is C[C@@H]1CCN(c2n[nH]c3nc(N4CCC(C)(CN)CC4)cnc23)c2cccnc21. The summed E-state index contributed by atoms with van der Waals surface area (Å²) in [6.45, 7) is 8.04. The fourth-order valence-electron chi connectivity index (χ4n) is 4.42. The van der Waals surface area contributed by atoms with Gasteiger partial charge in [0.25, 0.3) is 0 Å². The van der Waals surface area contributed by atoms with Gasteiger partial charge in [0, 0.05) is 31.7 Å². The zero-order valence-electron chi connectivity index (χ0n) is 17.1. The minimum absolute atomic E-state index is 0.238. The van der Waals surface area contributed by atoms with Crippen LogP contribution in [-0.4, -0.2) is 51.3 Å². The van der Waals surface area contributed by atoms with Gasteiger partial charge in [-0.2, -0.15) is 5.10 Å². The number of nitrogens with zero attached hydrogens (tertiary/aromatic N) is 6. The zero-order valence-corrected chi connectivity index (χ0v) is 17.1. The lowest BCUT2D eigenvalue weighted by molar-refractivity contribution is 0.258. The van der Waals surface area contributed by atoms with Crippen molar-refractivity contribution >= 4 is 28.5 Å². The van der Waals surface area contributed by atoms with E-state index in [0.29, 0.717) is 5.92 Å². The molecule has 0 spiro atoms. The molecule has 2 aliphatic rings. The average Bonchev–Trinajstić information content (AvgIpc) is 3.18. The lowest BCUT2D eigenvalue weighted by Crippen LogP contribution is -2.42. The number of hydrogen-bond donors (Lipinski definition) is 2. The molecule has 1 fully saturated rings. The fourth-order valence-corrected chi connectivity index (χ4v) is 4.42. The van der Waals surface area contributed by atoms with E-state index in [-0.39, 0.29) is 5.41 Å². The molecule has 0 aliphatic carbocycles. The van der Waals surface area contributed by atoms with Gasteiger partial charge in [-0.25, -0.2) is 9.97 Å². The van der Waals surface area contributed by atoms with Crippen molar-refractivity contribution in [1.29, 1.82) is 0 Å². The van der Waals surface area contributed by atoms with Crippen LogP contribution < -0.4 is 15.5 Å². The molecule has 5 heterocycles. The molecule has 8 heteroatoms. The summed E-state index contributed by atoms with van der Waals surface area (Å²) in [7, 11) is 0. The summed E-state index contributed by atoms with van der Waals surface area (Å²) in [4.78, 5) is 18.7. The van der Waals surface area contributed by atoms with Crippen molar-refractivity contribution in [3.63, 3.8) is 0 Å². The molecular weight excluding hydrogens is 364 g/mol. The van der Waals surface area contributed by atoms with Gasteiger partial charge < -0.3 is 15.5 Å². The standard InChI is InChI=1S/C21H28N8/c1-14-5-9-29(15-4-3-8-23-17(14)15)20-18-19(26-27-20)25-16(12-24-18)28-10-6-21(2,13-22)7-11-28/h3-4,8,12,14H,5-7,9-11,13,22H2,1-2H3,(H,25,26,27)/t14-/m1/s1. The van der Waals surface area contributed by atoms with Crippen LogP contribution in [-0.2, 0) is 0 Å². The van der Waals surface area contributed by atoms with Crippen LogP contribution in [0, 0.1) is 5.41 Å². The zero-order chi connectivity index (χ0) is 20.0. The summed E-state index contributed by atoms with van der Waals surface area (Å²) >= 11 is 0. The number of nitrogens with one attached hydrogen (secondary N) is 1. The smallest absolute Gasteiger partial charge is 0.183 e. The second-order valence-corrected chi connectivity index (χ2v) is 8.72. The molecule has 3 aromatic rings. The van der Waals surface area contributed by atoms with Gasteiger partial charge in [0.05, 0.1) is 17.6 Å². The molecule has 0 unspecified atom stereocenters. The van der Waals surface area contributed by atoms with Crippen LogP contribution >= 0.6 is 0 Å². The first-order valence-corrected chi connectivity index (χ1v) is 10.5. The van der Waals surface area contributed by atoms with Crippen LogP contribution in [0.4, 0.5) is 17.3 Å². The maximum Gasteiger partial charge on any atom is 0.183 e. The highest BCUT2D eigenvalue weighted by Gasteiger charge is 2.30. The average molecular weight is 393 g/mol. The van der Waals surface area contributed by atoms with Crippen molar-refractivity contribution in [3.8, 4) is 0 Å². The summed E-state index contributed by atoms with van der Waals surface area (Å²) in [5, 5.41) is 7.68. The fraction of sp³-hybridized carbons (Fsp3) is 0.524. The van der Waals surface area contributed by atoms with Gasteiger partial charge in [-0.3, -0.25) is 10.1 Å². The molecule has 3 N–H and O–H groups in total. The van der Waals surface area contributed by atoms with E-state index in [2.05, 4.69) is 44.9 Å². The van der Waals surface area contributed by atoms with Crippen LogP contribution in [0.5, 0.6) is 0 Å². The first-order valence-electron chi connectivity index (χ1n) is 10.5. The van der Waals surface area contributed by atoms with Crippen molar-refractivity contribution in [1.82, 2.24) is 25.1 Å². The molecule has 0 bridgehead atoms. The van der Waals surface area contributed by atoms with E-state index in [0.717, 1.165) is 79.6 Å². The summed E-state index contributed by atoms with van der Waals surface area (Å²) in [5.41, 5.74) is 9.95. The van der Waals surface area contributed by atoms with Gasteiger partial charge in [0.1, 0.15) is 5.82 Å². The number of pyridine rings is 1. The Morgan fingerprint density at radius 2 is 2.07 bits per heavy atom. The van der Waals surface area contributed by atoms with Crippen molar-refractivity contribution in [2.75, 3.05) is 36.0 Å². The predicted molar refractivity (Wildman–Crippen MR) is 115 cm³/mol. The van der Waals surface area contributed by atoms with E-state index in [9.17, 15) is 0 Å². The molecule has 0 saturated carbocycles. The number of nitrogens with two attached hydrogens (primary N) is 1. The third-order valence-electron chi connectivity index (χ3n) is 6.64. The van der Waals surface area contributed by atoms with Crippen molar-refractivity contribution in [2.45, 2.75) is 39.0 Å². The Morgan fingerprint density at radius 3 is 2.86 bits per heavy atom. The van der Waals surface area contributed by atoms with E-state index >= 15 is 0 Å². The number of aromatic amines is 1. The van der Waals surface area contributed by atoms with Crippen LogP contribution in [0.25, 0.3) is 11.2 Å². The second-order valence-electron chi connectivity index (χ2n) is 8.72. The minimum atomic E-state index is 0.238. The molecule has 5 rings (SSSR count). The number of piperidine rings is 1. The molecular formula is C21H28N8. The van der Waals surface area contributed by atoms with Crippen LogP contribution in [0.3, 0.4) is 0 Å². The molecule has 0 radical (unpaired) electrons. The van der Waals surface area contributed by atoms with E-state index in [1.54, 1.807) is 0 Å². The Balaban J connectivity index is 1.45. The Morgan fingerprint density at radius 1 is 1.24 bits per heavy atom. The highest BCUT2D eigenvalue weighted by Crippen LogP contribution is 2.39. The van der Waals surface area contributed by atoms with Gasteiger partial charge in [-0.15, -0.1) is 0 Å². The predicted octanol–water partition coefficient (Wildman–Crippen LogP) is 2.96. The normalized spacial score (nSPS) is 21.4. The largest absolute Gasteiger partial charge is 0.355 e. The molecule has 0 aromatic carbocycles. The Labute approximate surface area is 170 Å². The molecule has 2 aliphatic heterocycles. The number of fused-ring (bicyclic) bond motifs is 2. The monoisotopic (exact) mass is 392 g/mol. The second kappa shape index (κ2) is 6.95. The quantitative estimate of drug-likeness (QED) is 0.707. The van der Waals surface area contributed by atoms with E-state index < -0.39 is 0 Å². The topological polar surface area (TPSA) is 99.9 Å². The Kier molecular flexibility index (Phi) is 4.38. The highest BCUT2D eigenvalue weighted by atomic mass is 15.3. The Bertz CT molecular complexity index is 1020. The maximum atomic E-state index is 5.94. The molecule has 0 amide bonds. The first-order chi connectivity index (χ1) is 14.1. The van der Waals surface area contributed by atoms with Gasteiger partial charge in [0.2, 0.25) is 0 Å². The van der Waals surface area contributed by atoms with Crippen molar-refractivity contribution in [3.05, 3.63) is 30.2 Å². The van der Waals surface area contributed by atoms with Gasteiger partial charge in [-0.1, -0.05) is 13.8 Å². The molecule has 29 heavy (non-hydrogen) atoms. The summed E-state index contributed by atoms with van der Waals surface area (Å²) in [6, 6.07) is 4.09. The van der Waals surface area contributed by atoms with E-state index in [1.807, 2.05) is 18.5 Å². The summed E-state index contributed by atoms with van der Waals surface area (Å²) in [5.74, 6) is 2.18. The van der Waals surface area contributed by atoms with Crippen LogP contribution in [0.2, 0.25) is 0 Å². The molecule has 1 saturated heterocycles. The number of H-pyrrole nitrogens is 1. The van der Waals surface area contributed by atoms with Gasteiger partial charge >= 0.3 is 0 Å². The number of rotatable bonds is 3. The highest BCUT2D eigenvalue weighted by molar-refractivity contribution is 5.87. The van der Waals surface area contributed by atoms with Crippen LogP contribution in [0.1, 0.15) is 44.7 Å². The lowest BCUT2D eigenvalue weighted by Gasteiger charge is -2.39. The summed E-state index contributed by atoms with van der Waals surface area (Å²) < 4.78 is 0. The summed E-state index contributed by atoms with van der Waals surface area (Å²) in [6.07, 6.45) is 6.93. The molecule has 152 valence electrons. The number of anilines is 3. The first kappa shape index (κ1) is 18.3. The van der Waals surface area contributed by atoms with Crippen molar-refractivity contribution in [2.24, 2.45) is 11.1 Å². The van der Waals surface area contributed by atoms with Crippen LogP contribution in [0.15, 0.2) is 24.5 Å². The van der Waals surface area contributed by atoms with E-state index in [4.69, 9.17) is 15.7 Å². The minimum Gasteiger partial charge on any atom is -0.355 e. The van der Waals surface area contributed by atoms with E-state index in [1.165, 1.54) is 0 Å². The molecule has 3 aromatic heterocycles. The Hall–Kier alpha value is -2.74. The third-order valence-corrected chi connectivity index (χ3v) is 6.64. The van der Waals surface area contributed by atoms with Crippen molar-refractivity contribution < 1.29 is 0 Å². The third kappa shape index (κ3) is 3.11. The lowest BCUT2D eigenvalue weighted by atomic mass is 9.80. The molecule has 8 nitrogen and oxygen atoms in total. The maximum absolute atomic E-state index is 5.94. The number of hydrogen-bond acceptors (Lipinski definition) is 7. The van der Waals surface area contributed by atoms with Gasteiger partial charge in [0.15, 0.2) is 17.0 Å². The molecule has 1 atom stereocenters. The van der Waals surface area contributed by atoms with Gasteiger partial charge in [-0.05, 0) is 43.4 Å². The number of aromatic nitrogens is 5.